The van der Waals surface area contributed by atoms with Crippen LogP contribution in [0.1, 0.15) is 11.4 Å². The number of fused-ring (bicyclic) bond motifs is 1. The normalized spacial score (nSPS) is 11.0. The van der Waals surface area contributed by atoms with Gasteiger partial charge in [0, 0.05) is 28.4 Å². The lowest BCUT2D eigenvalue weighted by Gasteiger charge is -2.11. The maximum absolute atomic E-state index is 12.6. The SMILES string of the molecule is Cc1nn(CC(=O)NNC(=S)Nc2ccccc2)c(=O)n1/N=C/c1c[nH]c2ccccc12. The predicted molar refractivity (Wildman–Crippen MR) is 126 cm³/mol. The van der Waals surface area contributed by atoms with Gasteiger partial charge in [-0.25, -0.2) is 9.48 Å². The molecule has 162 valence electrons. The number of carbonyl (C=O) groups excluding carboxylic acids is 1. The molecule has 4 N–H and O–H groups in total. The molecule has 0 aliphatic rings. The number of aryl methyl sites for hydroxylation is 1. The Bertz CT molecular complexity index is 1350. The molecule has 4 aromatic rings. The zero-order valence-corrected chi connectivity index (χ0v) is 17.9. The quantitative estimate of drug-likeness (QED) is 0.210. The van der Waals surface area contributed by atoms with E-state index in [4.69, 9.17) is 12.2 Å². The largest absolute Gasteiger partial charge is 0.367 e. The van der Waals surface area contributed by atoms with Gasteiger partial charge in [-0.3, -0.25) is 15.6 Å². The second-order valence-electron chi connectivity index (χ2n) is 6.83. The number of nitrogens with one attached hydrogen (secondary N) is 4. The molecule has 1 amide bonds. The number of aromatic amines is 1. The van der Waals surface area contributed by atoms with Crippen molar-refractivity contribution < 1.29 is 4.79 Å². The van der Waals surface area contributed by atoms with Gasteiger partial charge in [-0.1, -0.05) is 36.4 Å². The number of para-hydroxylation sites is 2. The first kappa shape index (κ1) is 21.0. The lowest BCUT2D eigenvalue weighted by Crippen LogP contribution is -2.46. The molecule has 0 atom stereocenters. The lowest BCUT2D eigenvalue weighted by atomic mass is 10.2. The van der Waals surface area contributed by atoms with Crippen LogP contribution in [-0.4, -0.2) is 36.7 Å². The average Bonchev–Trinajstić information content (AvgIpc) is 3.32. The Morgan fingerprint density at radius 3 is 2.72 bits per heavy atom. The molecule has 11 heteroatoms. The second-order valence-corrected chi connectivity index (χ2v) is 7.23. The smallest absolute Gasteiger partial charge is 0.361 e. The number of anilines is 1. The van der Waals surface area contributed by atoms with E-state index in [0.29, 0.717) is 5.82 Å². The lowest BCUT2D eigenvalue weighted by molar-refractivity contribution is -0.122. The fourth-order valence-corrected chi connectivity index (χ4v) is 3.22. The summed E-state index contributed by atoms with van der Waals surface area (Å²) in [6, 6.07) is 17.0. The molecule has 2 aromatic carbocycles. The molecule has 4 rings (SSSR count). The Kier molecular flexibility index (Phi) is 6.08. The second kappa shape index (κ2) is 9.27. The van der Waals surface area contributed by atoms with E-state index < -0.39 is 11.6 Å². The van der Waals surface area contributed by atoms with E-state index in [1.807, 2.05) is 60.8 Å². The van der Waals surface area contributed by atoms with Gasteiger partial charge < -0.3 is 10.3 Å². The molecule has 0 bridgehead atoms. The van der Waals surface area contributed by atoms with E-state index in [1.54, 1.807) is 13.1 Å². The highest BCUT2D eigenvalue weighted by Gasteiger charge is 2.13. The van der Waals surface area contributed by atoms with Crippen LogP contribution in [0.3, 0.4) is 0 Å². The van der Waals surface area contributed by atoms with Gasteiger partial charge >= 0.3 is 5.69 Å². The molecular weight excluding hydrogens is 428 g/mol. The van der Waals surface area contributed by atoms with E-state index in [9.17, 15) is 9.59 Å². The number of amides is 1. The van der Waals surface area contributed by atoms with Gasteiger partial charge in [-0.2, -0.15) is 14.9 Å². The number of carbonyl (C=O) groups is 1. The first-order valence-corrected chi connectivity index (χ1v) is 10.1. The van der Waals surface area contributed by atoms with Crippen molar-refractivity contribution in [3.8, 4) is 0 Å². The van der Waals surface area contributed by atoms with Crippen LogP contribution in [0, 0.1) is 6.92 Å². The minimum Gasteiger partial charge on any atom is -0.361 e. The first-order valence-electron chi connectivity index (χ1n) is 9.69. The van der Waals surface area contributed by atoms with Gasteiger partial charge in [-0.05, 0) is 37.3 Å². The highest BCUT2D eigenvalue weighted by Crippen LogP contribution is 2.15. The number of benzene rings is 2. The molecule has 0 aliphatic heterocycles. The number of hydrogen-bond acceptors (Lipinski definition) is 5. The van der Waals surface area contributed by atoms with Crippen molar-refractivity contribution in [3.63, 3.8) is 0 Å². The number of aromatic nitrogens is 4. The number of rotatable bonds is 5. The molecule has 0 spiro atoms. The molecule has 2 aromatic heterocycles. The van der Waals surface area contributed by atoms with Crippen LogP contribution in [0.25, 0.3) is 10.9 Å². The fraction of sp³-hybridized carbons (Fsp3) is 0.0952. The van der Waals surface area contributed by atoms with Crippen LogP contribution in [0.4, 0.5) is 5.69 Å². The van der Waals surface area contributed by atoms with Crippen LogP contribution in [0.15, 0.2) is 70.7 Å². The van der Waals surface area contributed by atoms with Crippen molar-refractivity contribution in [3.05, 3.63) is 82.7 Å². The molecule has 32 heavy (non-hydrogen) atoms. The summed E-state index contributed by atoms with van der Waals surface area (Å²) in [4.78, 5) is 28.0. The number of H-pyrrole nitrogens is 1. The Balaban J connectivity index is 1.38. The van der Waals surface area contributed by atoms with Crippen molar-refractivity contribution in [2.75, 3.05) is 5.32 Å². The summed E-state index contributed by atoms with van der Waals surface area (Å²) < 4.78 is 2.18. The molecule has 0 aliphatic carbocycles. The third kappa shape index (κ3) is 4.73. The monoisotopic (exact) mass is 448 g/mol. The Morgan fingerprint density at radius 1 is 1.16 bits per heavy atom. The van der Waals surface area contributed by atoms with Crippen molar-refractivity contribution in [2.45, 2.75) is 13.5 Å². The highest BCUT2D eigenvalue weighted by atomic mass is 32.1. The summed E-state index contributed by atoms with van der Waals surface area (Å²) in [5.41, 5.74) is 7.08. The van der Waals surface area contributed by atoms with E-state index in [1.165, 1.54) is 0 Å². The topological polar surface area (TPSA) is 121 Å². The molecular formula is C21H20N8O2S. The third-order valence-corrected chi connectivity index (χ3v) is 4.75. The maximum atomic E-state index is 12.6. The Labute approximate surface area is 187 Å². The van der Waals surface area contributed by atoms with Gasteiger partial charge in [0.25, 0.3) is 5.91 Å². The van der Waals surface area contributed by atoms with Gasteiger partial charge in [-0.15, -0.1) is 0 Å². The van der Waals surface area contributed by atoms with Gasteiger partial charge in [0.2, 0.25) is 0 Å². The minimum absolute atomic E-state index is 0.210. The summed E-state index contributed by atoms with van der Waals surface area (Å²) >= 11 is 5.13. The Hall–Kier alpha value is -4.25. The fourth-order valence-electron chi connectivity index (χ4n) is 3.05. The van der Waals surface area contributed by atoms with Crippen LogP contribution in [0.2, 0.25) is 0 Å². The van der Waals surface area contributed by atoms with Crippen LogP contribution in [0.5, 0.6) is 0 Å². The molecule has 0 saturated heterocycles. The van der Waals surface area contributed by atoms with E-state index >= 15 is 0 Å². The van der Waals surface area contributed by atoms with E-state index in [0.717, 1.165) is 31.5 Å². The summed E-state index contributed by atoms with van der Waals surface area (Å²) in [7, 11) is 0. The molecule has 0 saturated carbocycles. The highest BCUT2D eigenvalue weighted by molar-refractivity contribution is 7.80. The molecule has 0 unspecified atom stereocenters. The Morgan fingerprint density at radius 2 is 1.91 bits per heavy atom. The summed E-state index contributed by atoms with van der Waals surface area (Å²) in [5, 5.41) is 12.5. The summed E-state index contributed by atoms with van der Waals surface area (Å²) in [6.45, 7) is 1.34. The van der Waals surface area contributed by atoms with Crippen molar-refractivity contribution in [1.29, 1.82) is 0 Å². The zero-order chi connectivity index (χ0) is 22.5. The van der Waals surface area contributed by atoms with Crippen LogP contribution < -0.4 is 21.9 Å². The number of hydrogen-bond donors (Lipinski definition) is 4. The van der Waals surface area contributed by atoms with Gasteiger partial charge in [0.05, 0.1) is 6.21 Å². The predicted octanol–water partition coefficient (Wildman–Crippen LogP) is 1.73. The molecule has 2 heterocycles. The molecule has 0 radical (unpaired) electrons. The summed E-state index contributed by atoms with van der Waals surface area (Å²) in [6.07, 6.45) is 3.39. The molecule has 10 nitrogen and oxygen atoms in total. The maximum Gasteiger partial charge on any atom is 0.367 e. The third-order valence-electron chi connectivity index (χ3n) is 4.55. The standard InChI is InChI=1S/C21H20N8O2S/c1-14-27-28(13-19(30)25-26-20(32)24-16-7-3-2-4-8-16)21(31)29(14)23-12-15-11-22-18-10-6-5-9-17(15)18/h2-12,22H,13H2,1H3,(H,25,30)(H2,24,26,32)/b23-12+. The molecule has 0 fully saturated rings. The van der Waals surface area contributed by atoms with Crippen molar-refractivity contribution in [2.24, 2.45) is 5.10 Å². The van der Waals surface area contributed by atoms with Crippen molar-refractivity contribution >= 4 is 46.0 Å². The van der Waals surface area contributed by atoms with Crippen molar-refractivity contribution in [1.82, 2.24) is 30.3 Å². The first-order chi connectivity index (χ1) is 15.5. The summed E-state index contributed by atoms with van der Waals surface area (Å²) in [5.74, 6) is -0.136. The van der Waals surface area contributed by atoms with E-state index in [-0.39, 0.29) is 11.7 Å². The van der Waals surface area contributed by atoms with E-state index in [2.05, 4.69) is 31.4 Å². The van der Waals surface area contributed by atoms with Gasteiger partial charge in [0.1, 0.15) is 6.54 Å². The minimum atomic E-state index is -0.529. The number of nitrogens with zero attached hydrogens (tertiary/aromatic N) is 4. The van der Waals surface area contributed by atoms with Gasteiger partial charge in [0.15, 0.2) is 10.9 Å². The number of hydrazine groups is 1. The average molecular weight is 449 g/mol. The van der Waals surface area contributed by atoms with Crippen LogP contribution in [-0.2, 0) is 11.3 Å². The zero-order valence-electron chi connectivity index (χ0n) is 17.1. The van der Waals surface area contributed by atoms with Crippen LogP contribution >= 0.6 is 12.2 Å². The number of thiocarbonyl (C=S) groups is 1.